The van der Waals surface area contributed by atoms with Crippen LogP contribution in [0.2, 0.25) is 0 Å². The van der Waals surface area contributed by atoms with E-state index in [-0.39, 0.29) is 11.7 Å². The highest BCUT2D eigenvalue weighted by atomic mass is 32.1. The van der Waals surface area contributed by atoms with Crippen molar-refractivity contribution in [1.29, 1.82) is 0 Å². The first-order chi connectivity index (χ1) is 12.1. The number of hydrogen-bond donors (Lipinski definition) is 3. The summed E-state index contributed by atoms with van der Waals surface area (Å²) >= 11 is 5.20. The van der Waals surface area contributed by atoms with Crippen LogP contribution in [0.1, 0.15) is 17.3 Å². The second-order valence-corrected chi connectivity index (χ2v) is 5.51. The molecule has 0 saturated carbocycles. The van der Waals surface area contributed by atoms with Crippen LogP contribution < -0.4 is 20.7 Å². The molecule has 3 N–H and O–H groups in total. The summed E-state index contributed by atoms with van der Waals surface area (Å²) in [6.07, 6.45) is 0. The Balaban J connectivity index is 1.68. The molecule has 2 rings (SSSR count). The summed E-state index contributed by atoms with van der Waals surface area (Å²) in [6, 6.07) is 12.8. The van der Waals surface area contributed by atoms with E-state index >= 15 is 0 Å². The van der Waals surface area contributed by atoms with Crippen LogP contribution in [-0.4, -0.2) is 30.7 Å². The van der Waals surface area contributed by atoms with E-state index in [1.807, 2.05) is 31.2 Å². The number of amides is 1. The van der Waals surface area contributed by atoms with E-state index in [1.54, 1.807) is 0 Å². The molecule has 2 aromatic carbocycles. The second-order valence-electron chi connectivity index (χ2n) is 5.10. The summed E-state index contributed by atoms with van der Waals surface area (Å²) in [5.41, 5.74) is 1.26. The van der Waals surface area contributed by atoms with Gasteiger partial charge in [-0.3, -0.25) is 4.79 Å². The van der Waals surface area contributed by atoms with Crippen LogP contribution in [-0.2, 0) is 0 Å². The number of carbonyl (C=O) groups is 1. The van der Waals surface area contributed by atoms with Crippen molar-refractivity contribution in [3.8, 4) is 5.75 Å². The standard InChI is InChI=1S/C18H20FN3O2S/c1-2-24-16-9-7-15(8-10-16)22-18(25)21-12-11-20-17(23)13-3-5-14(19)6-4-13/h3-10H,2,11-12H2,1H3,(H,20,23)(H2,21,22,25). The van der Waals surface area contributed by atoms with Gasteiger partial charge in [0.2, 0.25) is 0 Å². The number of benzene rings is 2. The Morgan fingerprint density at radius 2 is 1.68 bits per heavy atom. The lowest BCUT2D eigenvalue weighted by Crippen LogP contribution is -2.36. The van der Waals surface area contributed by atoms with Crippen LogP contribution in [0.4, 0.5) is 10.1 Å². The van der Waals surface area contributed by atoms with Crippen molar-refractivity contribution in [3.63, 3.8) is 0 Å². The van der Waals surface area contributed by atoms with Crippen LogP contribution in [0, 0.1) is 5.82 Å². The van der Waals surface area contributed by atoms with Crippen molar-refractivity contribution < 1.29 is 13.9 Å². The molecule has 2 aromatic rings. The molecule has 0 unspecified atom stereocenters. The Hall–Kier alpha value is -2.67. The molecule has 0 aliphatic rings. The Morgan fingerprint density at radius 3 is 2.32 bits per heavy atom. The molecule has 0 radical (unpaired) electrons. The minimum atomic E-state index is -0.371. The highest BCUT2D eigenvalue weighted by Gasteiger charge is 2.04. The minimum Gasteiger partial charge on any atom is -0.494 e. The molecule has 25 heavy (non-hydrogen) atoms. The topological polar surface area (TPSA) is 62.4 Å². The lowest BCUT2D eigenvalue weighted by molar-refractivity contribution is 0.0954. The quantitative estimate of drug-likeness (QED) is 0.523. The molecule has 0 aromatic heterocycles. The summed E-state index contributed by atoms with van der Waals surface area (Å²) in [4.78, 5) is 11.9. The van der Waals surface area contributed by atoms with E-state index in [0.717, 1.165) is 11.4 Å². The Kier molecular flexibility index (Phi) is 7.16. The average Bonchev–Trinajstić information content (AvgIpc) is 2.61. The molecular formula is C18H20FN3O2S. The third-order valence-corrected chi connectivity index (χ3v) is 3.47. The van der Waals surface area contributed by atoms with Gasteiger partial charge in [-0.1, -0.05) is 0 Å². The number of ether oxygens (including phenoxy) is 1. The van der Waals surface area contributed by atoms with E-state index < -0.39 is 0 Å². The number of rotatable bonds is 7. The van der Waals surface area contributed by atoms with Gasteiger partial charge in [0.05, 0.1) is 6.61 Å². The van der Waals surface area contributed by atoms with Gasteiger partial charge in [-0.15, -0.1) is 0 Å². The predicted molar refractivity (Wildman–Crippen MR) is 101 cm³/mol. The molecule has 0 aliphatic heterocycles. The third kappa shape index (κ3) is 6.39. The molecule has 7 heteroatoms. The fourth-order valence-electron chi connectivity index (χ4n) is 2.03. The van der Waals surface area contributed by atoms with Crippen LogP contribution in [0.5, 0.6) is 5.75 Å². The summed E-state index contributed by atoms with van der Waals surface area (Å²) in [5, 5.41) is 9.24. The lowest BCUT2D eigenvalue weighted by Gasteiger charge is -2.12. The molecule has 0 spiro atoms. The number of thiocarbonyl (C=S) groups is 1. The zero-order valence-electron chi connectivity index (χ0n) is 13.8. The first-order valence-electron chi connectivity index (χ1n) is 7.90. The Labute approximate surface area is 151 Å². The summed E-state index contributed by atoms with van der Waals surface area (Å²) in [6.45, 7) is 3.41. The monoisotopic (exact) mass is 361 g/mol. The highest BCUT2D eigenvalue weighted by Crippen LogP contribution is 2.15. The van der Waals surface area contributed by atoms with Gasteiger partial charge in [0.1, 0.15) is 11.6 Å². The van der Waals surface area contributed by atoms with Gasteiger partial charge in [-0.25, -0.2) is 4.39 Å². The van der Waals surface area contributed by atoms with Gasteiger partial charge in [-0.05, 0) is 67.7 Å². The summed E-state index contributed by atoms with van der Waals surface area (Å²) in [5.74, 6) is 0.173. The Morgan fingerprint density at radius 1 is 1.04 bits per heavy atom. The van der Waals surface area contributed by atoms with E-state index in [0.29, 0.717) is 30.4 Å². The normalized spacial score (nSPS) is 10.0. The van der Waals surface area contributed by atoms with Gasteiger partial charge < -0.3 is 20.7 Å². The fourth-order valence-corrected chi connectivity index (χ4v) is 2.25. The minimum absolute atomic E-state index is 0.257. The molecule has 0 saturated heterocycles. The lowest BCUT2D eigenvalue weighted by atomic mass is 10.2. The number of carbonyl (C=O) groups excluding carboxylic acids is 1. The average molecular weight is 361 g/mol. The zero-order valence-corrected chi connectivity index (χ0v) is 14.7. The number of nitrogens with one attached hydrogen (secondary N) is 3. The second kappa shape index (κ2) is 9.58. The molecule has 5 nitrogen and oxygen atoms in total. The van der Waals surface area contributed by atoms with Crippen molar-refractivity contribution in [1.82, 2.24) is 10.6 Å². The van der Waals surface area contributed by atoms with E-state index in [9.17, 15) is 9.18 Å². The van der Waals surface area contributed by atoms with Crippen molar-refractivity contribution >= 4 is 28.9 Å². The van der Waals surface area contributed by atoms with Crippen molar-refractivity contribution in [3.05, 3.63) is 59.9 Å². The highest BCUT2D eigenvalue weighted by molar-refractivity contribution is 7.80. The van der Waals surface area contributed by atoms with E-state index in [1.165, 1.54) is 24.3 Å². The van der Waals surface area contributed by atoms with Gasteiger partial charge in [0.15, 0.2) is 5.11 Å². The van der Waals surface area contributed by atoms with Crippen molar-refractivity contribution in [2.45, 2.75) is 6.92 Å². The molecule has 0 bridgehead atoms. The predicted octanol–water partition coefficient (Wildman–Crippen LogP) is 2.94. The van der Waals surface area contributed by atoms with E-state index in [2.05, 4.69) is 16.0 Å². The number of anilines is 1. The first kappa shape index (κ1) is 18.7. The molecule has 1 amide bonds. The maximum Gasteiger partial charge on any atom is 0.251 e. The largest absolute Gasteiger partial charge is 0.494 e. The summed E-state index contributed by atoms with van der Waals surface area (Å²) in [7, 11) is 0. The van der Waals surface area contributed by atoms with Crippen LogP contribution in [0.15, 0.2) is 48.5 Å². The van der Waals surface area contributed by atoms with Crippen molar-refractivity contribution in [2.24, 2.45) is 0 Å². The van der Waals surface area contributed by atoms with Crippen LogP contribution >= 0.6 is 12.2 Å². The first-order valence-corrected chi connectivity index (χ1v) is 8.31. The smallest absolute Gasteiger partial charge is 0.251 e. The van der Waals surface area contributed by atoms with Gasteiger partial charge in [-0.2, -0.15) is 0 Å². The number of hydrogen-bond acceptors (Lipinski definition) is 3. The maximum absolute atomic E-state index is 12.8. The molecular weight excluding hydrogens is 341 g/mol. The molecule has 0 fully saturated rings. The SMILES string of the molecule is CCOc1ccc(NC(=S)NCCNC(=O)c2ccc(F)cc2)cc1. The molecule has 0 aliphatic carbocycles. The van der Waals surface area contributed by atoms with Gasteiger partial charge in [0, 0.05) is 24.3 Å². The molecule has 0 heterocycles. The number of halogens is 1. The zero-order chi connectivity index (χ0) is 18.1. The maximum atomic E-state index is 12.8. The fraction of sp³-hybridized carbons (Fsp3) is 0.222. The molecule has 132 valence electrons. The molecule has 0 atom stereocenters. The van der Waals surface area contributed by atoms with Crippen LogP contribution in [0.3, 0.4) is 0 Å². The third-order valence-electron chi connectivity index (χ3n) is 3.23. The summed E-state index contributed by atoms with van der Waals surface area (Å²) < 4.78 is 18.2. The van der Waals surface area contributed by atoms with Gasteiger partial charge in [0.25, 0.3) is 5.91 Å². The van der Waals surface area contributed by atoms with Crippen molar-refractivity contribution in [2.75, 3.05) is 25.0 Å². The van der Waals surface area contributed by atoms with E-state index in [4.69, 9.17) is 17.0 Å². The van der Waals surface area contributed by atoms with Gasteiger partial charge >= 0.3 is 0 Å². The Bertz CT molecular complexity index is 705. The van der Waals surface area contributed by atoms with Crippen LogP contribution in [0.25, 0.3) is 0 Å².